The van der Waals surface area contributed by atoms with Crippen molar-refractivity contribution >= 4 is 110 Å². The standard InChI is InChI=1S/C40H32B3Br2N/c1-39(2,3)30-32(41)31(40(4,5)43)38(33(30)42)46(36-28-20-12-8-16-24(28)22-14-6-10-18-26(22)34(36)44)37-29-21-13-9-17-25(29)23-15-7-11-19-27(23)35(37)45/h6-21,38H,1-5H3. The van der Waals surface area contributed by atoms with E-state index in [0.717, 1.165) is 63.8 Å². The van der Waals surface area contributed by atoms with Gasteiger partial charge in [0.25, 0.3) is 0 Å². The Morgan fingerprint density at radius 3 is 1.22 bits per heavy atom. The van der Waals surface area contributed by atoms with E-state index in [1.807, 2.05) is 13.8 Å². The SMILES string of the molecule is [B]C1=C(C([B])(C)C)C(N(c2c(Br)c3ccccc3c3ccccc23)c2c(Br)c3ccccc3c3ccccc23)C([B])=C1C(C)(C)C. The zero-order chi connectivity index (χ0) is 32.7. The van der Waals surface area contributed by atoms with E-state index in [-0.39, 0.29) is 5.41 Å². The summed E-state index contributed by atoms with van der Waals surface area (Å²) in [6, 6.07) is 33.8. The number of rotatable bonds is 4. The van der Waals surface area contributed by atoms with Gasteiger partial charge in [-0.25, -0.2) is 0 Å². The van der Waals surface area contributed by atoms with Crippen LogP contribution in [-0.4, -0.2) is 29.6 Å². The first kappa shape index (κ1) is 31.4. The molecular weight excluding hydrogens is 687 g/mol. The van der Waals surface area contributed by atoms with Crippen molar-refractivity contribution in [3.63, 3.8) is 0 Å². The minimum atomic E-state index is -0.775. The monoisotopic (exact) mass is 717 g/mol. The Labute approximate surface area is 292 Å². The molecule has 220 valence electrons. The zero-order valence-electron chi connectivity index (χ0n) is 26.8. The summed E-state index contributed by atoms with van der Waals surface area (Å²) in [6.45, 7) is 10.6. The van der Waals surface area contributed by atoms with Crippen LogP contribution in [-0.2, 0) is 0 Å². The molecule has 0 N–H and O–H groups in total. The van der Waals surface area contributed by atoms with Gasteiger partial charge in [0, 0.05) is 19.7 Å². The third kappa shape index (κ3) is 4.74. The van der Waals surface area contributed by atoms with Crippen LogP contribution in [0, 0.1) is 5.41 Å². The maximum absolute atomic E-state index is 7.41. The van der Waals surface area contributed by atoms with E-state index < -0.39 is 11.4 Å². The van der Waals surface area contributed by atoms with Gasteiger partial charge >= 0.3 is 0 Å². The highest BCUT2D eigenvalue weighted by atomic mass is 79.9. The molecule has 0 saturated heterocycles. The number of halogens is 2. The van der Waals surface area contributed by atoms with Crippen molar-refractivity contribution < 1.29 is 0 Å². The fourth-order valence-electron chi connectivity index (χ4n) is 7.53. The third-order valence-electron chi connectivity index (χ3n) is 9.29. The zero-order valence-corrected chi connectivity index (χ0v) is 29.9. The van der Waals surface area contributed by atoms with Gasteiger partial charge in [0.15, 0.2) is 0 Å². The first-order valence-corrected chi connectivity index (χ1v) is 17.2. The fraction of sp³-hybridized carbons (Fsp3) is 0.200. The van der Waals surface area contributed by atoms with Gasteiger partial charge in [-0.15, -0.1) is 0 Å². The molecule has 1 aliphatic carbocycles. The first-order chi connectivity index (χ1) is 21.8. The highest BCUT2D eigenvalue weighted by Crippen LogP contribution is 2.57. The number of benzene rings is 6. The molecule has 6 heteroatoms. The maximum atomic E-state index is 7.41. The van der Waals surface area contributed by atoms with Gasteiger partial charge in [0.05, 0.1) is 25.3 Å². The molecule has 0 aromatic heterocycles. The molecule has 0 heterocycles. The van der Waals surface area contributed by atoms with Crippen LogP contribution >= 0.6 is 31.9 Å². The van der Waals surface area contributed by atoms with Crippen molar-refractivity contribution in [3.8, 4) is 0 Å². The lowest BCUT2D eigenvalue weighted by atomic mass is 9.61. The molecule has 0 spiro atoms. The normalized spacial score (nSPS) is 16.0. The topological polar surface area (TPSA) is 3.24 Å². The van der Waals surface area contributed by atoms with E-state index in [1.165, 1.54) is 10.8 Å². The molecule has 1 nitrogen and oxygen atoms in total. The van der Waals surface area contributed by atoms with Crippen LogP contribution in [0.15, 0.2) is 128 Å². The molecule has 1 aliphatic rings. The molecule has 6 radical (unpaired) electrons. The minimum Gasteiger partial charge on any atom is -0.328 e. The average molecular weight is 719 g/mol. The molecule has 6 aromatic carbocycles. The summed E-state index contributed by atoms with van der Waals surface area (Å²) in [4.78, 5) is 2.41. The summed E-state index contributed by atoms with van der Waals surface area (Å²) in [5.41, 5.74) is 4.95. The molecule has 0 fully saturated rings. The second-order valence-electron chi connectivity index (χ2n) is 13.9. The van der Waals surface area contributed by atoms with Crippen LogP contribution in [0.1, 0.15) is 34.6 Å². The Kier molecular flexibility index (Phi) is 7.65. The lowest BCUT2D eigenvalue weighted by molar-refractivity contribution is 0.513. The average Bonchev–Trinajstić information content (AvgIpc) is 3.30. The van der Waals surface area contributed by atoms with E-state index in [0.29, 0.717) is 10.9 Å². The number of hydrogen-bond acceptors (Lipinski definition) is 1. The van der Waals surface area contributed by atoms with Gasteiger partial charge in [-0.3, -0.25) is 0 Å². The van der Waals surface area contributed by atoms with Gasteiger partial charge in [-0.1, -0.05) is 154 Å². The predicted octanol–water partition coefficient (Wildman–Crippen LogP) is 11.6. The summed E-state index contributed by atoms with van der Waals surface area (Å²) in [5, 5.41) is 8.32. The van der Waals surface area contributed by atoms with Crippen LogP contribution in [0.2, 0.25) is 5.31 Å². The minimum absolute atomic E-state index is 0.309. The van der Waals surface area contributed by atoms with Gasteiger partial charge in [0.2, 0.25) is 0 Å². The smallest absolute Gasteiger partial charge is 0.114 e. The van der Waals surface area contributed by atoms with Gasteiger partial charge in [-0.2, -0.15) is 0 Å². The second kappa shape index (κ2) is 11.2. The van der Waals surface area contributed by atoms with Crippen LogP contribution < -0.4 is 4.90 Å². The largest absolute Gasteiger partial charge is 0.328 e. The molecule has 1 unspecified atom stereocenters. The van der Waals surface area contributed by atoms with E-state index in [4.69, 9.17) is 23.5 Å². The number of anilines is 2. The summed E-state index contributed by atoms with van der Waals surface area (Å²) in [6.07, 6.45) is 0. The molecule has 0 amide bonds. The summed E-state index contributed by atoms with van der Waals surface area (Å²) < 4.78 is 1.96. The van der Waals surface area contributed by atoms with E-state index in [9.17, 15) is 0 Å². The molecule has 7 rings (SSSR count). The molecule has 0 saturated carbocycles. The summed E-state index contributed by atoms with van der Waals surface area (Å²) >= 11 is 8.31. The molecule has 46 heavy (non-hydrogen) atoms. The lowest BCUT2D eigenvalue weighted by Crippen LogP contribution is -2.37. The number of hydrogen-bond donors (Lipinski definition) is 0. The number of allylic oxidation sites excluding steroid dienone is 2. The van der Waals surface area contributed by atoms with Crippen LogP contribution in [0.25, 0.3) is 43.1 Å². The Bertz CT molecular complexity index is 2160. The Morgan fingerprint density at radius 2 is 0.870 bits per heavy atom. The first-order valence-electron chi connectivity index (χ1n) is 15.6. The van der Waals surface area contributed by atoms with Gasteiger partial charge < -0.3 is 4.90 Å². The van der Waals surface area contributed by atoms with Gasteiger partial charge in [0.1, 0.15) is 15.7 Å². The summed E-state index contributed by atoms with van der Waals surface area (Å²) in [7, 11) is 21.7. The number of nitrogens with zero attached hydrogens (tertiary/aromatic N) is 1. The Morgan fingerprint density at radius 1 is 0.543 bits per heavy atom. The predicted molar refractivity (Wildman–Crippen MR) is 209 cm³/mol. The van der Waals surface area contributed by atoms with Crippen molar-refractivity contribution in [2.24, 2.45) is 5.41 Å². The van der Waals surface area contributed by atoms with E-state index in [1.54, 1.807) is 0 Å². The second-order valence-corrected chi connectivity index (χ2v) is 15.5. The third-order valence-corrected chi connectivity index (χ3v) is 10.9. The quantitative estimate of drug-likeness (QED) is 0.130. The van der Waals surface area contributed by atoms with E-state index >= 15 is 0 Å². The highest BCUT2D eigenvalue weighted by Gasteiger charge is 2.43. The Balaban J connectivity index is 1.74. The van der Waals surface area contributed by atoms with Crippen LogP contribution in [0.3, 0.4) is 0 Å². The van der Waals surface area contributed by atoms with E-state index in [2.05, 4.69) is 155 Å². The van der Waals surface area contributed by atoms with Crippen molar-refractivity contribution in [1.29, 1.82) is 0 Å². The highest BCUT2D eigenvalue weighted by molar-refractivity contribution is 9.11. The van der Waals surface area contributed by atoms with Crippen LogP contribution in [0.4, 0.5) is 11.4 Å². The maximum Gasteiger partial charge on any atom is 0.114 e. The van der Waals surface area contributed by atoms with Crippen molar-refractivity contribution in [3.05, 3.63) is 128 Å². The molecule has 0 bridgehead atoms. The lowest BCUT2D eigenvalue weighted by Gasteiger charge is -2.42. The van der Waals surface area contributed by atoms with Crippen LogP contribution in [0.5, 0.6) is 0 Å². The molecule has 1 atom stereocenters. The molecular formula is C40H32B3Br2N. The van der Waals surface area contributed by atoms with Crippen molar-refractivity contribution in [2.75, 3.05) is 4.90 Å². The van der Waals surface area contributed by atoms with Gasteiger partial charge in [-0.05, 0) is 74.9 Å². The molecule has 6 aromatic rings. The van der Waals surface area contributed by atoms with Crippen molar-refractivity contribution in [2.45, 2.75) is 46.0 Å². The molecule has 0 aliphatic heterocycles. The fourth-order valence-corrected chi connectivity index (χ4v) is 9.04. The summed E-state index contributed by atoms with van der Waals surface area (Å²) in [5.74, 6) is 0. The van der Waals surface area contributed by atoms with Crippen molar-refractivity contribution in [1.82, 2.24) is 0 Å². The Hall–Kier alpha value is -3.21. The number of fused-ring (bicyclic) bond motifs is 6.